The van der Waals surface area contributed by atoms with E-state index in [1.807, 2.05) is 20.8 Å². The maximum Gasteiger partial charge on any atom is 0.416 e. The largest absolute Gasteiger partial charge is 0.496 e. The highest BCUT2D eigenvalue weighted by Gasteiger charge is 2.32. The van der Waals surface area contributed by atoms with E-state index in [2.05, 4.69) is 4.99 Å². The van der Waals surface area contributed by atoms with Gasteiger partial charge in [0.05, 0.1) is 24.0 Å². The Morgan fingerprint density at radius 3 is 2.40 bits per heavy atom. The fourth-order valence-corrected chi connectivity index (χ4v) is 3.92. The van der Waals surface area contributed by atoms with Gasteiger partial charge in [0.1, 0.15) is 5.75 Å². The summed E-state index contributed by atoms with van der Waals surface area (Å²) in [6, 6.07) is 2.54. The average Bonchev–Trinajstić information content (AvgIpc) is 3.01. The minimum Gasteiger partial charge on any atom is -0.496 e. The quantitative estimate of drug-likeness (QED) is 0.733. The number of nitrogens with two attached hydrogens (primary N) is 1. The van der Waals surface area contributed by atoms with E-state index in [1.54, 1.807) is 6.20 Å². The number of primary sulfonamides is 1. The molecule has 0 spiro atoms. The number of hydrogen-bond acceptors (Lipinski definition) is 5. The summed E-state index contributed by atoms with van der Waals surface area (Å²) >= 11 is 1.14. The van der Waals surface area contributed by atoms with E-state index in [9.17, 15) is 26.4 Å². The van der Waals surface area contributed by atoms with E-state index in [1.165, 1.54) is 11.7 Å². The van der Waals surface area contributed by atoms with Crippen LogP contribution in [0.3, 0.4) is 0 Å². The number of carbonyl (C=O) groups is 1. The number of methoxy groups -OCH3 is 1. The molecule has 2 rings (SSSR count). The third-order valence-corrected chi connectivity index (χ3v) is 6.23. The first kappa shape index (κ1) is 24.1. The third kappa shape index (κ3) is 6.16. The number of hydrogen-bond donors (Lipinski definition) is 1. The van der Waals surface area contributed by atoms with Crippen molar-refractivity contribution < 1.29 is 31.1 Å². The number of nitrogens with zero attached hydrogens (tertiary/aromatic N) is 2. The van der Waals surface area contributed by atoms with Crippen molar-refractivity contribution in [2.45, 2.75) is 38.9 Å². The van der Waals surface area contributed by atoms with Gasteiger partial charge in [0.15, 0.2) is 4.80 Å². The second-order valence-corrected chi connectivity index (χ2v) is 10.3. The molecule has 1 heterocycles. The molecule has 0 aliphatic heterocycles. The summed E-state index contributed by atoms with van der Waals surface area (Å²) in [6.07, 6.45) is -2.98. The Morgan fingerprint density at radius 1 is 1.27 bits per heavy atom. The van der Waals surface area contributed by atoms with Gasteiger partial charge in [0, 0.05) is 17.6 Å². The van der Waals surface area contributed by atoms with Crippen molar-refractivity contribution in [3.63, 3.8) is 0 Å². The molecule has 0 aliphatic rings. The van der Waals surface area contributed by atoms with Gasteiger partial charge in [-0.05, 0) is 23.6 Å². The topological polar surface area (TPSA) is 104 Å². The van der Waals surface area contributed by atoms with E-state index in [0.29, 0.717) is 6.07 Å². The molecular formula is C18H22F3N3O4S2. The molecule has 0 unspecified atom stereocenters. The molecule has 12 heteroatoms. The van der Waals surface area contributed by atoms with Gasteiger partial charge in [-0.2, -0.15) is 18.2 Å². The zero-order chi connectivity index (χ0) is 22.9. The van der Waals surface area contributed by atoms with Gasteiger partial charge in [-0.25, -0.2) is 13.6 Å². The summed E-state index contributed by atoms with van der Waals surface area (Å²) in [4.78, 5) is 17.6. The van der Waals surface area contributed by atoms with Crippen molar-refractivity contribution >= 4 is 27.3 Å². The molecule has 0 aliphatic carbocycles. The van der Waals surface area contributed by atoms with Gasteiger partial charge in [-0.15, -0.1) is 11.3 Å². The zero-order valence-corrected chi connectivity index (χ0v) is 18.4. The monoisotopic (exact) mass is 465 g/mol. The lowest BCUT2D eigenvalue weighted by atomic mass is 9.95. The van der Waals surface area contributed by atoms with Crippen LogP contribution in [0.25, 0.3) is 0 Å². The fourth-order valence-electron chi connectivity index (χ4n) is 2.40. The second-order valence-electron chi connectivity index (χ2n) is 7.52. The third-order valence-electron chi connectivity index (χ3n) is 4.03. The first-order valence-corrected chi connectivity index (χ1v) is 11.2. The molecule has 2 aromatic rings. The molecule has 0 saturated carbocycles. The van der Waals surface area contributed by atoms with Gasteiger partial charge < -0.3 is 9.30 Å². The molecule has 166 valence electrons. The molecular weight excluding hydrogens is 443 g/mol. The summed E-state index contributed by atoms with van der Waals surface area (Å²) in [5, 5.41) is 5.06. The van der Waals surface area contributed by atoms with Crippen LogP contribution in [-0.2, 0) is 28.2 Å². The molecule has 0 atom stereocenters. The molecule has 0 fully saturated rings. The van der Waals surface area contributed by atoms with Crippen LogP contribution in [-0.4, -0.2) is 31.8 Å². The van der Waals surface area contributed by atoms with Crippen LogP contribution in [0.1, 0.15) is 41.6 Å². The highest BCUT2D eigenvalue weighted by atomic mass is 32.2. The lowest BCUT2D eigenvalue weighted by Crippen LogP contribution is -2.25. The lowest BCUT2D eigenvalue weighted by molar-refractivity contribution is -0.137. The van der Waals surface area contributed by atoms with Gasteiger partial charge in [0.25, 0.3) is 5.91 Å². The number of amides is 1. The molecule has 30 heavy (non-hydrogen) atoms. The number of benzene rings is 1. The van der Waals surface area contributed by atoms with E-state index in [0.717, 1.165) is 28.3 Å². The minimum absolute atomic E-state index is 0.0552. The maximum absolute atomic E-state index is 13.1. The number of thiazole rings is 1. The number of aryl methyl sites for hydroxylation is 1. The van der Waals surface area contributed by atoms with Crippen molar-refractivity contribution in [3.05, 3.63) is 45.2 Å². The van der Waals surface area contributed by atoms with Crippen LogP contribution in [0, 0.1) is 0 Å². The molecule has 0 bridgehead atoms. The van der Waals surface area contributed by atoms with Crippen LogP contribution in [0.4, 0.5) is 13.2 Å². The molecule has 0 saturated heterocycles. The predicted molar refractivity (Wildman–Crippen MR) is 107 cm³/mol. The molecule has 1 aromatic carbocycles. The predicted octanol–water partition coefficient (Wildman–Crippen LogP) is 2.90. The van der Waals surface area contributed by atoms with Crippen LogP contribution in [0.5, 0.6) is 5.75 Å². The van der Waals surface area contributed by atoms with Crippen LogP contribution < -0.4 is 14.7 Å². The number of ether oxygens (including phenoxy) is 1. The Balaban J connectivity index is 2.59. The van der Waals surface area contributed by atoms with Crippen molar-refractivity contribution in [2.75, 3.05) is 12.9 Å². The number of aromatic nitrogens is 1. The Bertz CT molecular complexity index is 1110. The van der Waals surface area contributed by atoms with Gasteiger partial charge in [0.2, 0.25) is 10.0 Å². The van der Waals surface area contributed by atoms with E-state index >= 15 is 0 Å². The molecule has 0 radical (unpaired) electrons. The molecule has 1 aromatic heterocycles. The summed E-state index contributed by atoms with van der Waals surface area (Å²) in [6.45, 7) is 5.70. The van der Waals surface area contributed by atoms with Crippen molar-refractivity contribution in [1.29, 1.82) is 0 Å². The molecule has 2 N–H and O–H groups in total. The maximum atomic E-state index is 13.1. The average molecular weight is 466 g/mol. The Morgan fingerprint density at radius 2 is 1.90 bits per heavy atom. The number of rotatable bonds is 5. The second kappa shape index (κ2) is 8.52. The first-order valence-electron chi connectivity index (χ1n) is 8.67. The standard InChI is InChI=1S/C18H22F3N3O4S2/c1-17(2,3)14-10-24(7-8-30(22,26)27)16(29-14)23-15(25)12-9-11(18(19,20)21)5-6-13(12)28-4/h5-6,9-10H,7-8H2,1-4H3,(H2,22,26,27). The minimum atomic E-state index is -4.64. The summed E-state index contributed by atoms with van der Waals surface area (Å²) in [7, 11) is -2.54. The first-order chi connectivity index (χ1) is 13.6. The number of alkyl halides is 3. The summed E-state index contributed by atoms with van der Waals surface area (Å²) in [5.74, 6) is -1.38. The SMILES string of the molecule is COc1ccc(C(F)(F)F)cc1C(=O)N=c1sc(C(C)(C)C)cn1CCS(N)(=O)=O. The number of halogens is 3. The Kier molecular flexibility index (Phi) is 6.84. The van der Waals surface area contributed by atoms with E-state index in [4.69, 9.17) is 9.88 Å². The van der Waals surface area contributed by atoms with E-state index in [-0.39, 0.29) is 33.8 Å². The highest BCUT2D eigenvalue weighted by Crippen LogP contribution is 2.33. The van der Waals surface area contributed by atoms with Gasteiger partial charge >= 0.3 is 6.18 Å². The summed E-state index contributed by atoms with van der Waals surface area (Å²) < 4.78 is 68.3. The van der Waals surface area contributed by atoms with Gasteiger partial charge in [-0.3, -0.25) is 4.79 Å². The number of sulfonamides is 1. The summed E-state index contributed by atoms with van der Waals surface area (Å²) in [5.41, 5.74) is -1.68. The lowest BCUT2D eigenvalue weighted by Gasteiger charge is -2.14. The van der Waals surface area contributed by atoms with Crippen LogP contribution >= 0.6 is 11.3 Å². The molecule has 1 amide bonds. The Hall–Kier alpha value is -2.18. The van der Waals surface area contributed by atoms with Gasteiger partial charge in [-0.1, -0.05) is 20.8 Å². The highest BCUT2D eigenvalue weighted by molar-refractivity contribution is 7.89. The van der Waals surface area contributed by atoms with Crippen LogP contribution in [0.15, 0.2) is 29.4 Å². The zero-order valence-electron chi connectivity index (χ0n) is 16.8. The van der Waals surface area contributed by atoms with Crippen LogP contribution in [0.2, 0.25) is 0 Å². The number of carbonyl (C=O) groups excluding carboxylic acids is 1. The fraction of sp³-hybridized carbons (Fsp3) is 0.444. The van der Waals surface area contributed by atoms with E-state index < -0.39 is 27.7 Å². The Labute approximate surface area is 176 Å². The van der Waals surface area contributed by atoms with Crippen molar-refractivity contribution in [2.24, 2.45) is 10.1 Å². The van der Waals surface area contributed by atoms with Crippen molar-refractivity contribution in [3.8, 4) is 5.75 Å². The smallest absolute Gasteiger partial charge is 0.416 e. The normalized spacial score (nSPS) is 13.5. The molecule has 7 nitrogen and oxygen atoms in total. The van der Waals surface area contributed by atoms with Crippen molar-refractivity contribution in [1.82, 2.24) is 4.57 Å².